The van der Waals surface area contributed by atoms with E-state index in [1.165, 1.54) is 0 Å². The molecule has 0 radical (unpaired) electrons. The maximum Gasteiger partial charge on any atom is 0.241 e. The first-order chi connectivity index (χ1) is 14.2. The van der Waals surface area contributed by atoms with E-state index < -0.39 is 0 Å². The van der Waals surface area contributed by atoms with Gasteiger partial charge in [-0.2, -0.15) is 0 Å². The van der Waals surface area contributed by atoms with Gasteiger partial charge in [0.2, 0.25) is 5.91 Å². The molecule has 1 amide bonds. The minimum atomic E-state index is -0.239. The molecule has 154 valence electrons. The number of nitrogens with one attached hydrogen (secondary N) is 2. The average molecular weight is 398 g/mol. The standard InChI is InChI=1S/C20H26N6O3/c1-28-16-3-2-4-17(12-16)29-14-15-11-18(24-23-15)20(27)26-9-7-25(8-10-26)19-13-21-5-6-22-19/h2-6,12-13,15,18,23-24H,7-11,14H2,1H3. The third kappa shape index (κ3) is 4.75. The zero-order valence-corrected chi connectivity index (χ0v) is 16.5. The van der Waals surface area contributed by atoms with Crippen molar-refractivity contribution in [2.24, 2.45) is 0 Å². The van der Waals surface area contributed by atoms with Crippen LogP contribution in [0.1, 0.15) is 6.42 Å². The third-order valence-corrected chi connectivity index (χ3v) is 5.24. The zero-order valence-electron chi connectivity index (χ0n) is 16.5. The van der Waals surface area contributed by atoms with Crippen molar-refractivity contribution in [3.63, 3.8) is 0 Å². The summed E-state index contributed by atoms with van der Waals surface area (Å²) in [5.41, 5.74) is 6.30. The molecule has 2 atom stereocenters. The summed E-state index contributed by atoms with van der Waals surface area (Å²) in [6.07, 6.45) is 5.80. The fourth-order valence-electron chi connectivity index (χ4n) is 3.61. The van der Waals surface area contributed by atoms with Crippen LogP contribution in [-0.2, 0) is 4.79 Å². The number of amides is 1. The number of benzene rings is 1. The molecule has 1 aromatic carbocycles. The lowest BCUT2D eigenvalue weighted by atomic mass is 10.1. The largest absolute Gasteiger partial charge is 0.497 e. The second kappa shape index (κ2) is 9.06. The molecule has 29 heavy (non-hydrogen) atoms. The van der Waals surface area contributed by atoms with E-state index in [1.54, 1.807) is 25.7 Å². The lowest BCUT2D eigenvalue weighted by Crippen LogP contribution is -2.53. The zero-order chi connectivity index (χ0) is 20.1. The van der Waals surface area contributed by atoms with Crippen molar-refractivity contribution in [1.29, 1.82) is 0 Å². The monoisotopic (exact) mass is 398 g/mol. The van der Waals surface area contributed by atoms with E-state index in [0.717, 1.165) is 30.4 Å². The smallest absolute Gasteiger partial charge is 0.241 e. The first-order valence-corrected chi connectivity index (χ1v) is 9.80. The third-order valence-electron chi connectivity index (χ3n) is 5.24. The Labute approximate surface area is 170 Å². The molecule has 2 aliphatic heterocycles. The first-order valence-electron chi connectivity index (χ1n) is 9.80. The molecule has 0 aliphatic carbocycles. The second-order valence-electron chi connectivity index (χ2n) is 7.14. The molecular formula is C20H26N6O3. The van der Waals surface area contributed by atoms with Crippen LogP contribution in [0, 0.1) is 0 Å². The lowest BCUT2D eigenvalue weighted by molar-refractivity contribution is -0.133. The van der Waals surface area contributed by atoms with E-state index in [9.17, 15) is 4.79 Å². The number of hydrazine groups is 1. The van der Waals surface area contributed by atoms with E-state index in [-0.39, 0.29) is 18.0 Å². The summed E-state index contributed by atoms with van der Waals surface area (Å²) >= 11 is 0. The Morgan fingerprint density at radius 1 is 1.17 bits per heavy atom. The van der Waals surface area contributed by atoms with Crippen molar-refractivity contribution >= 4 is 11.7 Å². The quantitative estimate of drug-likeness (QED) is 0.725. The van der Waals surface area contributed by atoms with Crippen molar-refractivity contribution in [2.75, 3.05) is 44.8 Å². The van der Waals surface area contributed by atoms with E-state index in [2.05, 4.69) is 25.7 Å². The summed E-state index contributed by atoms with van der Waals surface area (Å²) in [6.45, 7) is 3.35. The maximum absolute atomic E-state index is 12.9. The van der Waals surface area contributed by atoms with Crippen LogP contribution in [0.4, 0.5) is 5.82 Å². The molecule has 2 aliphatic rings. The number of carbonyl (C=O) groups is 1. The molecular weight excluding hydrogens is 372 g/mol. The number of piperazine rings is 1. The van der Waals surface area contributed by atoms with E-state index in [1.807, 2.05) is 29.2 Å². The summed E-state index contributed by atoms with van der Waals surface area (Å²) in [5.74, 6) is 2.49. The first kappa shape index (κ1) is 19.4. The number of aromatic nitrogens is 2. The van der Waals surface area contributed by atoms with Gasteiger partial charge in [0.15, 0.2) is 0 Å². The van der Waals surface area contributed by atoms with Crippen molar-refractivity contribution in [3.8, 4) is 11.5 Å². The Morgan fingerprint density at radius 3 is 2.76 bits per heavy atom. The normalized spacial score (nSPS) is 21.8. The van der Waals surface area contributed by atoms with Gasteiger partial charge in [-0.05, 0) is 18.6 Å². The average Bonchev–Trinajstić information content (AvgIpc) is 3.27. The van der Waals surface area contributed by atoms with Crippen LogP contribution in [0.5, 0.6) is 11.5 Å². The van der Waals surface area contributed by atoms with Crippen LogP contribution < -0.4 is 25.2 Å². The van der Waals surface area contributed by atoms with Crippen molar-refractivity contribution in [3.05, 3.63) is 42.9 Å². The molecule has 0 bridgehead atoms. The van der Waals surface area contributed by atoms with Crippen LogP contribution in [-0.4, -0.2) is 72.8 Å². The van der Waals surface area contributed by atoms with Crippen LogP contribution in [0.15, 0.2) is 42.9 Å². The molecule has 2 unspecified atom stereocenters. The van der Waals surface area contributed by atoms with Crippen LogP contribution in [0.2, 0.25) is 0 Å². The predicted octanol–water partition coefficient (Wildman–Crippen LogP) is 0.448. The molecule has 3 heterocycles. The molecule has 2 N–H and O–H groups in total. The summed E-state index contributed by atoms with van der Waals surface area (Å²) in [7, 11) is 1.63. The highest BCUT2D eigenvalue weighted by atomic mass is 16.5. The molecule has 2 saturated heterocycles. The van der Waals surface area contributed by atoms with Gasteiger partial charge in [-0.15, -0.1) is 0 Å². The Kier molecular flexibility index (Phi) is 6.06. The van der Waals surface area contributed by atoms with Gasteiger partial charge in [0.05, 0.1) is 19.3 Å². The summed E-state index contributed by atoms with van der Waals surface area (Å²) in [6, 6.07) is 7.34. The highest BCUT2D eigenvalue weighted by molar-refractivity contribution is 5.82. The fraction of sp³-hybridized carbons (Fsp3) is 0.450. The van der Waals surface area contributed by atoms with Crippen molar-refractivity contribution in [1.82, 2.24) is 25.7 Å². The summed E-state index contributed by atoms with van der Waals surface area (Å²) < 4.78 is 11.1. The number of nitrogens with zero attached hydrogens (tertiary/aromatic N) is 4. The van der Waals surface area contributed by atoms with E-state index in [4.69, 9.17) is 9.47 Å². The molecule has 0 saturated carbocycles. The molecule has 1 aromatic heterocycles. The number of rotatable bonds is 6. The number of hydrogen-bond acceptors (Lipinski definition) is 8. The number of carbonyl (C=O) groups excluding carboxylic acids is 1. The maximum atomic E-state index is 12.9. The van der Waals surface area contributed by atoms with E-state index in [0.29, 0.717) is 26.1 Å². The molecule has 0 spiro atoms. The number of hydrogen-bond donors (Lipinski definition) is 2. The van der Waals surface area contributed by atoms with Crippen LogP contribution in [0.3, 0.4) is 0 Å². The minimum absolute atomic E-state index is 0.0658. The second-order valence-corrected chi connectivity index (χ2v) is 7.14. The lowest BCUT2D eigenvalue weighted by Gasteiger charge is -2.36. The van der Waals surface area contributed by atoms with Gasteiger partial charge in [0, 0.05) is 44.6 Å². The van der Waals surface area contributed by atoms with Crippen LogP contribution in [0.25, 0.3) is 0 Å². The van der Waals surface area contributed by atoms with Gasteiger partial charge in [0.1, 0.15) is 30.0 Å². The summed E-state index contributed by atoms with van der Waals surface area (Å²) in [4.78, 5) is 25.4. The van der Waals surface area contributed by atoms with E-state index >= 15 is 0 Å². The predicted molar refractivity (Wildman–Crippen MR) is 108 cm³/mol. The van der Waals surface area contributed by atoms with Gasteiger partial charge in [-0.3, -0.25) is 15.2 Å². The summed E-state index contributed by atoms with van der Waals surface area (Å²) in [5, 5.41) is 0. The Balaban J connectivity index is 1.23. The fourth-order valence-corrected chi connectivity index (χ4v) is 3.61. The molecule has 4 rings (SSSR count). The van der Waals surface area contributed by atoms with Crippen LogP contribution >= 0.6 is 0 Å². The van der Waals surface area contributed by atoms with Gasteiger partial charge in [0.25, 0.3) is 0 Å². The highest BCUT2D eigenvalue weighted by Gasteiger charge is 2.34. The molecule has 2 aromatic rings. The molecule has 9 heteroatoms. The number of methoxy groups -OCH3 is 1. The Hall–Kier alpha value is -2.91. The minimum Gasteiger partial charge on any atom is -0.497 e. The SMILES string of the molecule is COc1cccc(OCC2CC(C(=O)N3CCN(c4cnccn4)CC3)NN2)c1. The van der Waals surface area contributed by atoms with Gasteiger partial charge < -0.3 is 19.3 Å². The Bertz CT molecular complexity index is 813. The van der Waals surface area contributed by atoms with Crippen molar-refractivity contribution < 1.29 is 14.3 Å². The number of anilines is 1. The molecule has 2 fully saturated rings. The molecule has 9 nitrogen and oxygen atoms in total. The van der Waals surface area contributed by atoms with Gasteiger partial charge in [-0.1, -0.05) is 6.07 Å². The Morgan fingerprint density at radius 2 is 2.00 bits per heavy atom. The number of ether oxygens (including phenoxy) is 2. The van der Waals surface area contributed by atoms with Gasteiger partial charge >= 0.3 is 0 Å². The topological polar surface area (TPSA) is 91.9 Å². The van der Waals surface area contributed by atoms with Gasteiger partial charge in [-0.25, -0.2) is 10.4 Å². The van der Waals surface area contributed by atoms with Crippen molar-refractivity contribution in [2.45, 2.75) is 18.5 Å². The highest BCUT2D eigenvalue weighted by Crippen LogP contribution is 2.20.